The van der Waals surface area contributed by atoms with Crippen LogP contribution in [-0.4, -0.2) is 31.4 Å². The van der Waals surface area contributed by atoms with Crippen LogP contribution < -0.4 is 11.1 Å². The van der Waals surface area contributed by atoms with Crippen LogP contribution in [0.4, 0.5) is 10.5 Å². The zero-order valence-electron chi connectivity index (χ0n) is 11.3. The molecule has 1 aliphatic heterocycles. The number of aliphatic imine (C=N–C) groups is 1. The molecule has 20 heavy (non-hydrogen) atoms. The minimum Gasteiger partial charge on any atom is -0.463 e. The van der Waals surface area contributed by atoms with E-state index in [1.165, 1.54) is 12.7 Å². The number of nitrogens with zero attached hydrogens (tertiary/aromatic N) is 1. The third-order valence-electron chi connectivity index (χ3n) is 3.89. The highest BCUT2D eigenvalue weighted by Crippen LogP contribution is 2.37. The van der Waals surface area contributed by atoms with E-state index in [0.717, 1.165) is 30.5 Å². The molecule has 0 unspecified atom stereocenters. The normalized spacial score (nSPS) is 23.8. The lowest BCUT2D eigenvalue weighted by Gasteiger charge is -2.31. The lowest BCUT2D eigenvalue weighted by molar-refractivity contribution is 0.187. The third-order valence-corrected chi connectivity index (χ3v) is 3.89. The van der Waals surface area contributed by atoms with Gasteiger partial charge in [-0.3, -0.25) is 5.32 Å². The number of amidine groups is 1. The molecule has 1 spiro atoms. The van der Waals surface area contributed by atoms with Gasteiger partial charge in [0.05, 0.1) is 7.11 Å². The standard InChI is InChI=1S/C14H17N3O3/c1-19-13(18)16-11-4-2-3-9-7-14(6-5-10(9)11)8-20-12(15)17-14/h2-4H,5-8H2,1H3,(H2,15,17)(H,16,18)/t14-/m0/s1. The van der Waals surface area contributed by atoms with Crippen molar-refractivity contribution in [1.82, 2.24) is 0 Å². The van der Waals surface area contributed by atoms with Crippen molar-refractivity contribution >= 4 is 17.8 Å². The number of nitrogens with two attached hydrogens (primary N) is 1. The lowest BCUT2D eigenvalue weighted by Crippen LogP contribution is -2.36. The van der Waals surface area contributed by atoms with E-state index in [9.17, 15) is 4.79 Å². The summed E-state index contributed by atoms with van der Waals surface area (Å²) in [7, 11) is 1.35. The van der Waals surface area contributed by atoms with Gasteiger partial charge in [-0.25, -0.2) is 9.79 Å². The van der Waals surface area contributed by atoms with E-state index in [1.807, 2.05) is 12.1 Å². The Morgan fingerprint density at radius 1 is 1.55 bits per heavy atom. The molecule has 1 aromatic carbocycles. The molecule has 1 aromatic rings. The number of rotatable bonds is 1. The van der Waals surface area contributed by atoms with Gasteiger partial charge >= 0.3 is 6.09 Å². The highest BCUT2D eigenvalue weighted by molar-refractivity contribution is 5.86. The maximum absolute atomic E-state index is 11.4. The molecule has 1 amide bonds. The Hall–Kier alpha value is -2.24. The Balaban J connectivity index is 1.88. The van der Waals surface area contributed by atoms with E-state index in [1.54, 1.807) is 0 Å². The van der Waals surface area contributed by atoms with Crippen LogP contribution in [0.25, 0.3) is 0 Å². The first-order valence-electron chi connectivity index (χ1n) is 6.56. The molecule has 0 radical (unpaired) electrons. The molecule has 0 saturated heterocycles. The predicted molar refractivity (Wildman–Crippen MR) is 74.8 cm³/mol. The van der Waals surface area contributed by atoms with Crippen LogP contribution in [0.3, 0.4) is 0 Å². The maximum Gasteiger partial charge on any atom is 0.411 e. The Labute approximate surface area is 117 Å². The zero-order chi connectivity index (χ0) is 14.2. The Morgan fingerprint density at radius 3 is 3.10 bits per heavy atom. The number of nitrogens with one attached hydrogen (secondary N) is 1. The van der Waals surface area contributed by atoms with E-state index in [4.69, 9.17) is 10.5 Å². The predicted octanol–water partition coefficient (Wildman–Crippen LogP) is 1.44. The summed E-state index contributed by atoms with van der Waals surface area (Å²) in [6, 6.07) is 6.14. The molecule has 3 N–H and O–H groups in total. The summed E-state index contributed by atoms with van der Waals surface area (Å²) in [6.45, 7) is 0.535. The summed E-state index contributed by atoms with van der Waals surface area (Å²) in [5.41, 5.74) is 8.51. The molecule has 0 fully saturated rings. The smallest absolute Gasteiger partial charge is 0.411 e. The number of carbonyl (C=O) groups excluding carboxylic acids is 1. The highest BCUT2D eigenvalue weighted by Gasteiger charge is 2.39. The minimum atomic E-state index is -0.454. The number of hydrogen-bond donors (Lipinski definition) is 2. The monoisotopic (exact) mass is 275 g/mol. The quantitative estimate of drug-likeness (QED) is 0.812. The average Bonchev–Trinajstić information content (AvgIpc) is 2.79. The molecule has 0 aromatic heterocycles. The van der Waals surface area contributed by atoms with Crippen molar-refractivity contribution in [2.24, 2.45) is 10.7 Å². The molecule has 2 aliphatic rings. The molecule has 6 heteroatoms. The number of hydrogen-bond acceptors (Lipinski definition) is 5. The van der Waals surface area contributed by atoms with Gasteiger partial charge in [-0.15, -0.1) is 0 Å². The second-order valence-corrected chi connectivity index (χ2v) is 5.20. The number of benzene rings is 1. The van der Waals surface area contributed by atoms with Crippen LogP contribution in [0.15, 0.2) is 23.2 Å². The molecular weight excluding hydrogens is 258 g/mol. The molecule has 1 aliphatic carbocycles. The first-order chi connectivity index (χ1) is 9.62. The van der Waals surface area contributed by atoms with Gasteiger partial charge in [-0.05, 0) is 30.0 Å². The van der Waals surface area contributed by atoms with E-state index in [2.05, 4.69) is 21.1 Å². The molecule has 1 atom stereocenters. The molecule has 0 saturated carbocycles. The van der Waals surface area contributed by atoms with Gasteiger partial charge in [0.1, 0.15) is 12.1 Å². The number of ether oxygens (including phenoxy) is 2. The Morgan fingerprint density at radius 2 is 2.40 bits per heavy atom. The number of methoxy groups -OCH3 is 1. The Bertz CT molecular complexity index is 585. The third kappa shape index (κ3) is 2.17. The van der Waals surface area contributed by atoms with E-state index in [0.29, 0.717) is 6.61 Å². The summed E-state index contributed by atoms with van der Waals surface area (Å²) in [6.07, 6.45) is 2.01. The highest BCUT2D eigenvalue weighted by atomic mass is 16.5. The van der Waals surface area contributed by atoms with Crippen LogP contribution in [0.5, 0.6) is 0 Å². The topological polar surface area (TPSA) is 85.9 Å². The van der Waals surface area contributed by atoms with Crippen molar-refractivity contribution < 1.29 is 14.3 Å². The molecular formula is C14H17N3O3. The van der Waals surface area contributed by atoms with Gasteiger partial charge in [-0.2, -0.15) is 0 Å². The van der Waals surface area contributed by atoms with Crippen LogP contribution in [-0.2, 0) is 22.3 Å². The summed E-state index contributed by atoms with van der Waals surface area (Å²) < 4.78 is 9.96. The van der Waals surface area contributed by atoms with E-state index >= 15 is 0 Å². The van der Waals surface area contributed by atoms with Crippen molar-refractivity contribution in [3.63, 3.8) is 0 Å². The fraction of sp³-hybridized carbons (Fsp3) is 0.429. The van der Waals surface area contributed by atoms with Gasteiger partial charge < -0.3 is 15.2 Å². The SMILES string of the molecule is COC(=O)Nc1cccc2c1CC[C@@]1(COC(N)=N1)C2. The largest absolute Gasteiger partial charge is 0.463 e. The van der Waals surface area contributed by atoms with Gasteiger partial charge in [0, 0.05) is 12.1 Å². The first kappa shape index (κ1) is 12.8. The van der Waals surface area contributed by atoms with Crippen molar-refractivity contribution in [3.05, 3.63) is 29.3 Å². The Kier molecular flexibility index (Phi) is 3.00. The molecule has 1 heterocycles. The number of carbonyl (C=O) groups is 1. The summed E-state index contributed by atoms with van der Waals surface area (Å²) >= 11 is 0. The molecule has 6 nitrogen and oxygen atoms in total. The number of fused-ring (bicyclic) bond motifs is 1. The van der Waals surface area contributed by atoms with Gasteiger partial charge in [0.25, 0.3) is 6.02 Å². The second kappa shape index (κ2) is 4.70. The van der Waals surface area contributed by atoms with Crippen molar-refractivity contribution in [1.29, 1.82) is 0 Å². The van der Waals surface area contributed by atoms with Gasteiger partial charge in [0.15, 0.2) is 0 Å². The number of amides is 1. The van der Waals surface area contributed by atoms with Crippen LogP contribution in [0.2, 0.25) is 0 Å². The van der Waals surface area contributed by atoms with Crippen LogP contribution >= 0.6 is 0 Å². The average molecular weight is 275 g/mol. The van der Waals surface area contributed by atoms with Crippen molar-refractivity contribution in [2.75, 3.05) is 19.0 Å². The molecule has 106 valence electrons. The zero-order valence-corrected chi connectivity index (χ0v) is 11.3. The molecule has 0 bridgehead atoms. The van der Waals surface area contributed by atoms with Gasteiger partial charge in [0.2, 0.25) is 0 Å². The van der Waals surface area contributed by atoms with E-state index in [-0.39, 0.29) is 11.6 Å². The fourth-order valence-corrected chi connectivity index (χ4v) is 2.90. The minimum absolute atomic E-state index is 0.235. The van der Waals surface area contributed by atoms with Crippen LogP contribution in [0, 0.1) is 0 Å². The lowest BCUT2D eigenvalue weighted by atomic mass is 9.78. The van der Waals surface area contributed by atoms with Crippen LogP contribution in [0.1, 0.15) is 17.5 Å². The van der Waals surface area contributed by atoms with E-state index < -0.39 is 6.09 Å². The second-order valence-electron chi connectivity index (χ2n) is 5.20. The number of anilines is 1. The first-order valence-corrected chi connectivity index (χ1v) is 6.56. The molecule has 3 rings (SSSR count). The maximum atomic E-state index is 11.4. The summed E-state index contributed by atoms with van der Waals surface area (Å²) in [5, 5.41) is 2.75. The van der Waals surface area contributed by atoms with Crippen molar-refractivity contribution in [2.45, 2.75) is 24.8 Å². The van der Waals surface area contributed by atoms with Gasteiger partial charge in [-0.1, -0.05) is 12.1 Å². The fourth-order valence-electron chi connectivity index (χ4n) is 2.90. The van der Waals surface area contributed by atoms with Crippen molar-refractivity contribution in [3.8, 4) is 0 Å². The summed E-state index contributed by atoms with van der Waals surface area (Å²) in [5.74, 6) is 0. The summed E-state index contributed by atoms with van der Waals surface area (Å²) in [4.78, 5) is 15.8.